The van der Waals surface area contributed by atoms with Crippen molar-refractivity contribution in [1.29, 1.82) is 0 Å². The maximum atomic E-state index is 13.0. The number of benzene rings is 2. The molecule has 1 N–H and O–H groups in total. The van der Waals surface area contributed by atoms with Crippen LogP contribution >= 0.6 is 11.6 Å². The minimum Gasteiger partial charge on any atom is -0.493 e. The molecule has 0 atom stereocenters. The monoisotopic (exact) mass is 478 g/mol. The molecule has 0 spiro atoms. The number of amides is 1. The van der Waals surface area contributed by atoms with Crippen molar-refractivity contribution in [3.63, 3.8) is 0 Å². The number of carbonyl (C=O) groups is 1. The molecule has 8 heteroatoms. The highest BCUT2D eigenvalue weighted by molar-refractivity contribution is 6.30. The SMILES string of the molecule is CCc1nc2ccc(C(=O)Nc3ccc(OC)c(OC)c3)cn2c1N(C)Cc1ccc(Cl)cc1. The van der Waals surface area contributed by atoms with Crippen molar-refractivity contribution in [3.8, 4) is 11.5 Å². The van der Waals surface area contributed by atoms with Crippen molar-refractivity contribution >= 4 is 34.7 Å². The van der Waals surface area contributed by atoms with Crippen LogP contribution in [0, 0.1) is 0 Å². The average molecular weight is 479 g/mol. The summed E-state index contributed by atoms with van der Waals surface area (Å²) < 4.78 is 12.6. The summed E-state index contributed by atoms with van der Waals surface area (Å²) in [5.41, 5.74) is 4.02. The molecule has 4 rings (SSSR count). The van der Waals surface area contributed by atoms with Crippen molar-refractivity contribution < 1.29 is 14.3 Å². The van der Waals surface area contributed by atoms with Crippen LogP contribution in [0.5, 0.6) is 11.5 Å². The molecule has 34 heavy (non-hydrogen) atoms. The molecule has 1 amide bonds. The zero-order valence-electron chi connectivity index (χ0n) is 19.6. The number of aryl methyl sites for hydroxylation is 1. The van der Waals surface area contributed by atoms with Gasteiger partial charge in [-0.3, -0.25) is 9.20 Å². The minimum atomic E-state index is -0.229. The molecule has 0 unspecified atom stereocenters. The Hall–Kier alpha value is -3.71. The standard InChI is InChI=1S/C26H27ClN4O3/c1-5-21-26(30(2)15-17-6-9-19(27)10-7-17)31-16-18(8-13-24(31)29-21)25(32)28-20-11-12-22(33-3)23(14-20)34-4/h6-14,16H,5,15H2,1-4H3,(H,28,32). The van der Waals surface area contributed by atoms with Crippen LogP contribution in [-0.2, 0) is 13.0 Å². The number of fused-ring (bicyclic) bond motifs is 1. The van der Waals surface area contributed by atoms with E-state index in [2.05, 4.69) is 17.1 Å². The molecular weight excluding hydrogens is 452 g/mol. The molecule has 176 valence electrons. The molecule has 0 bridgehead atoms. The number of carbonyl (C=O) groups excluding carboxylic acids is 1. The molecule has 0 aliphatic rings. The van der Waals surface area contributed by atoms with Crippen LogP contribution in [0.3, 0.4) is 0 Å². The molecule has 0 radical (unpaired) electrons. The summed E-state index contributed by atoms with van der Waals surface area (Å²) in [6, 6.07) is 16.7. The van der Waals surface area contributed by atoms with Crippen LogP contribution < -0.4 is 19.7 Å². The number of nitrogens with zero attached hydrogens (tertiary/aromatic N) is 3. The first-order valence-electron chi connectivity index (χ1n) is 10.9. The Kier molecular flexibility index (Phi) is 6.93. The molecule has 2 aromatic heterocycles. The number of hydrogen-bond donors (Lipinski definition) is 1. The number of methoxy groups -OCH3 is 2. The van der Waals surface area contributed by atoms with E-state index in [1.165, 1.54) is 0 Å². The molecule has 0 aliphatic heterocycles. The number of nitrogens with one attached hydrogen (secondary N) is 1. The number of imidazole rings is 1. The minimum absolute atomic E-state index is 0.229. The fourth-order valence-electron chi connectivity index (χ4n) is 3.91. The number of hydrogen-bond acceptors (Lipinski definition) is 5. The van der Waals surface area contributed by atoms with Gasteiger partial charge in [0.25, 0.3) is 5.91 Å². The Labute approximate surface area is 203 Å². The van der Waals surface area contributed by atoms with Gasteiger partial charge in [-0.2, -0.15) is 0 Å². The Morgan fingerprint density at radius 1 is 1.06 bits per heavy atom. The van der Waals surface area contributed by atoms with Crippen molar-refractivity contribution in [1.82, 2.24) is 9.38 Å². The zero-order valence-corrected chi connectivity index (χ0v) is 20.4. The number of pyridine rings is 1. The van der Waals surface area contributed by atoms with Gasteiger partial charge in [0.2, 0.25) is 0 Å². The van der Waals surface area contributed by atoms with E-state index in [-0.39, 0.29) is 5.91 Å². The molecule has 0 saturated carbocycles. The smallest absolute Gasteiger partial charge is 0.257 e. The fraction of sp³-hybridized carbons (Fsp3) is 0.231. The summed E-state index contributed by atoms with van der Waals surface area (Å²) in [6.07, 6.45) is 2.60. The quantitative estimate of drug-likeness (QED) is 0.364. The molecule has 2 aromatic carbocycles. The molecule has 0 aliphatic carbocycles. The zero-order chi connectivity index (χ0) is 24.2. The summed E-state index contributed by atoms with van der Waals surface area (Å²) in [5, 5.41) is 3.64. The van der Waals surface area contributed by atoms with E-state index in [1.54, 1.807) is 38.5 Å². The Balaban J connectivity index is 1.63. The highest BCUT2D eigenvalue weighted by Crippen LogP contribution is 2.30. The van der Waals surface area contributed by atoms with Crippen molar-refractivity contribution in [3.05, 3.63) is 82.6 Å². The fourth-order valence-corrected chi connectivity index (χ4v) is 4.04. The summed E-state index contributed by atoms with van der Waals surface area (Å²) >= 11 is 6.03. The summed E-state index contributed by atoms with van der Waals surface area (Å²) in [5.74, 6) is 1.87. The second kappa shape index (κ2) is 10.1. The number of rotatable bonds is 8. The topological polar surface area (TPSA) is 68.1 Å². The Morgan fingerprint density at radius 3 is 2.47 bits per heavy atom. The summed E-state index contributed by atoms with van der Waals surface area (Å²) in [7, 11) is 5.15. The van der Waals surface area contributed by atoms with Crippen LogP contribution in [0.1, 0.15) is 28.5 Å². The second-order valence-electron chi connectivity index (χ2n) is 7.89. The van der Waals surface area contributed by atoms with Crippen LogP contribution in [0.2, 0.25) is 5.02 Å². The van der Waals surface area contributed by atoms with E-state index in [0.29, 0.717) is 34.3 Å². The van der Waals surface area contributed by atoms with Gasteiger partial charge in [0.05, 0.1) is 25.5 Å². The summed E-state index contributed by atoms with van der Waals surface area (Å²) in [4.78, 5) is 20.0. The van der Waals surface area contributed by atoms with Gasteiger partial charge in [0.1, 0.15) is 11.5 Å². The van der Waals surface area contributed by atoms with Crippen LogP contribution in [-0.4, -0.2) is 36.6 Å². The van der Waals surface area contributed by atoms with Gasteiger partial charge in [-0.15, -0.1) is 0 Å². The normalized spacial score (nSPS) is 10.9. The predicted octanol–water partition coefficient (Wildman–Crippen LogP) is 5.46. The van der Waals surface area contributed by atoms with Gasteiger partial charge < -0.3 is 19.7 Å². The van der Waals surface area contributed by atoms with Crippen LogP contribution in [0.15, 0.2) is 60.8 Å². The largest absolute Gasteiger partial charge is 0.493 e. The number of ether oxygens (including phenoxy) is 2. The van der Waals surface area contributed by atoms with Gasteiger partial charge >= 0.3 is 0 Å². The van der Waals surface area contributed by atoms with Gasteiger partial charge in [-0.25, -0.2) is 4.98 Å². The Bertz CT molecular complexity index is 1320. The van der Waals surface area contributed by atoms with Crippen molar-refractivity contribution in [2.45, 2.75) is 19.9 Å². The van der Waals surface area contributed by atoms with E-state index in [9.17, 15) is 4.79 Å². The molecule has 4 aromatic rings. The third-order valence-corrected chi connectivity index (χ3v) is 5.85. The summed E-state index contributed by atoms with van der Waals surface area (Å²) in [6.45, 7) is 2.76. The first kappa shape index (κ1) is 23.4. The maximum Gasteiger partial charge on any atom is 0.257 e. The molecule has 7 nitrogen and oxygen atoms in total. The average Bonchev–Trinajstić information content (AvgIpc) is 3.23. The van der Waals surface area contributed by atoms with Gasteiger partial charge in [-0.05, 0) is 48.4 Å². The Morgan fingerprint density at radius 2 is 1.79 bits per heavy atom. The third kappa shape index (κ3) is 4.79. The highest BCUT2D eigenvalue weighted by Gasteiger charge is 2.17. The lowest BCUT2D eigenvalue weighted by molar-refractivity contribution is 0.102. The number of anilines is 2. The number of halogens is 1. The molecule has 0 saturated heterocycles. The van der Waals surface area contributed by atoms with Crippen molar-refractivity contribution in [2.75, 3.05) is 31.5 Å². The van der Waals surface area contributed by atoms with E-state index in [1.807, 2.05) is 48.0 Å². The van der Waals surface area contributed by atoms with Crippen LogP contribution in [0.4, 0.5) is 11.5 Å². The molecule has 2 heterocycles. The van der Waals surface area contributed by atoms with Gasteiger partial charge in [-0.1, -0.05) is 30.7 Å². The second-order valence-corrected chi connectivity index (χ2v) is 8.32. The lowest BCUT2D eigenvalue weighted by Gasteiger charge is -2.20. The number of aromatic nitrogens is 2. The maximum absolute atomic E-state index is 13.0. The first-order chi connectivity index (χ1) is 16.4. The first-order valence-corrected chi connectivity index (χ1v) is 11.3. The van der Waals surface area contributed by atoms with E-state index >= 15 is 0 Å². The third-order valence-electron chi connectivity index (χ3n) is 5.60. The van der Waals surface area contributed by atoms with Gasteiger partial charge in [0, 0.05) is 36.6 Å². The van der Waals surface area contributed by atoms with E-state index in [4.69, 9.17) is 26.1 Å². The van der Waals surface area contributed by atoms with Crippen LogP contribution in [0.25, 0.3) is 5.65 Å². The van der Waals surface area contributed by atoms with Gasteiger partial charge in [0.15, 0.2) is 11.5 Å². The lowest BCUT2D eigenvalue weighted by Crippen LogP contribution is -2.20. The lowest BCUT2D eigenvalue weighted by atomic mass is 10.2. The predicted molar refractivity (Wildman–Crippen MR) is 136 cm³/mol. The van der Waals surface area contributed by atoms with E-state index < -0.39 is 0 Å². The molecular formula is C26H27ClN4O3. The molecule has 0 fully saturated rings. The highest BCUT2D eigenvalue weighted by atomic mass is 35.5. The van der Waals surface area contributed by atoms with E-state index in [0.717, 1.165) is 29.1 Å². The van der Waals surface area contributed by atoms with Crippen molar-refractivity contribution in [2.24, 2.45) is 0 Å².